The highest BCUT2D eigenvalue weighted by molar-refractivity contribution is 6.02. The molecule has 3 aromatic rings. The van der Waals surface area contributed by atoms with Crippen LogP contribution in [0.1, 0.15) is 10.6 Å². The van der Waals surface area contributed by atoms with Crippen LogP contribution in [-0.2, 0) is 0 Å². The number of anilines is 1. The number of nitrogens with zero attached hydrogens (tertiary/aromatic N) is 3. The summed E-state index contributed by atoms with van der Waals surface area (Å²) < 4.78 is 6.79. The normalized spacial score (nSPS) is 10.3. The molecule has 1 N–H and O–H groups in total. The molecule has 0 aliphatic rings. The molecule has 0 saturated carbocycles. The fraction of sp³-hybridized carbons (Fsp3) is 0. The molecule has 2 aromatic heterocycles. The standard InChI is InChI=1S/C13H10N4O2/c18-13(12-2-1-7-19-12)16-10-3-5-11(6-4-10)17-8-14-15-9-17/h1-9H,(H,16,18). The number of nitrogens with one attached hydrogen (secondary N) is 1. The van der Waals surface area contributed by atoms with Crippen LogP contribution >= 0.6 is 0 Å². The number of hydrogen-bond acceptors (Lipinski definition) is 4. The first-order chi connectivity index (χ1) is 9.33. The van der Waals surface area contributed by atoms with Crippen LogP contribution in [-0.4, -0.2) is 20.7 Å². The third-order valence-electron chi connectivity index (χ3n) is 2.59. The van der Waals surface area contributed by atoms with Crippen molar-refractivity contribution in [2.75, 3.05) is 5.32 Å². The molecule has 0 spiro atoms. The summed E-state index contributed by atoms with van der Waals surface area (Å²) in [6.45, 7) is 0. The Balaban J connectivity index is 1.75. The highest BCUT2D eigenvalue weighted by Gasteiger charge is 2.08. The Kier molecular flexibility index (Phi) is 2.82. The van der Waals surface area contributed by atoms with E-state index in [0.717, 1.165) is 5.69 Å². The lowest BCUT2D eigenvalue weighted by molar-refractivity contribution is 0.0996. The molecule has 0 aliphatic heterocycles. The van der Waals surface area contributed by atoms with Crippen LogP contribution in [0.3, 0.4) is 0 Å². The van der Waals surface area contributed by atoms with Crippen LogP contribution in [0.25, 0.3) is 5.69 Å². The molecule has 6 nitrogen and oxygen atoms in total. The maximum absolute atomic E-state index is 11.8. The van der Waals surface area contributed by atoms with Gasteiger partial charge in [0, 0.05) is 11.4 Å². The highest BCUT2D eigenvalue weighted by Crippen LogP contribution is 2.14. The second-order valence-corrected chi connectivity index (χ2v) is 3.85. The Hall–Kier alpha value is -2.89. The number of carbonyl (C=O) groups excluding carboxylic acids is 1. The molecule has 0 saturated heterocycles. The maximum Gasteiger partial charge on any atom is 0.291 e. The van der Waals surface area contributed by atoms with E-state index in [1.807, 2.05) is 12.1 Å². The van der Waals surface area contributed by atoms with Gasteiger partial charge < -0.3 is 9.73 Å². The molecule has 0 unspecified atom stereocenters. The molecule has 1 aromatic carbocycles. The number of carbonyl (C=O) groups is 1. The Morgan fingerprint density at radius 2 is 1.84 bits per heavy atom. The zero-order valence-corrected chi connectivity index (χ0v) is 9.85. The number of benzene rings is 1. The summed E-state index contributed by atoms with van der Waals surface area (Å²) in [7, 11) is 0. The summed E-state index contributed by atoms with van der Waals surface area (Å²) in [6.07, 6.45) is 4.68. The quantitative estimate of drug-likeness (QED) is 0.776. The summed E-state index contributed by atoms with van der Waals surface area (Å²) in [5.74, 6) is 0.00457. The van der Waals surface area contributed by atoms with Crippen molar-refractivity contribution in [1.29, 1.82) is 0 Å². The van der Waals surface area contributed by atoms with Gasteiger partial charge in [-0.25, -0.2) is 0 Å². The lowest BCUT2D eigenvalue weighted by atomic mass is 10.2. The minimum absolute atomic E-state index is 0.276. The predicted octanol–water partition coefficient (Wildman–Crippen LogP) is 2.11. The van der Waals surface area contributed by atoms with Crippen LogP contribution < -0.4 is 5.32 Å². The fourth-order valence-electron chi connectivity index (χ4n) is 1.65. The average molecular weight is 254 g/mol. The van der Waals surface area contributed by atoms with E-state index < -0.39 is 0 Å². The molecule has 6 heteroatoms. The third-order valence-corrected chi connectivity index (χ3v) is 2.59. The fourth-order valence-corrected chi connectivity index (χ4v) is 1.65. The second-order valence-electron chi connectivity index (χ2n) is 3.85. The minimum atomic E-state index is -0.276. The van der Waals surface area contributed by atoms with Crippen molar-refractivity contribution < 1.29 is 9.21 Å². The molecule has 0 bridgehead atoms. The maximum atomic E-state index is 11.8. The smallest absolute Gasteiger partial charge is 0.291 e. The van der Waals surface area contributed by atoms with Crippen LogP contribution in [0.15, 0.2) is 59.7 Å². The van der Waals surface area contributed by atoms with Crippen molar-refractivity contribution in [2.24, 2.45) is 0 Å². The van der Waals surface area contributed by atoms with E-state index in [0.29, 0.717) is 5.69 Å². The SMILES string of the molecule is O=C(Nc1ccc(-n2cnnc2)cc1)c1ccco1. The number of furan rings is 1. The van der Waals surface area contributed by atoms with Crippen LogP contribution in [0.2, 0.25) is 0 Å². The van der Waals surface area contributed by atoms with Crippen molar-refractivity contribution in [3.8, 4) is 5.69 Å². The molecule has 1 amide bonds. The molecule has 19 heavy (non-hydrogen) atoms. The summed E-state index contributed by atoms with van der Waals surface area (Å²) in [6, 6.07) is 10.6. The lowest BCUT2D eigenvalue weighted by Gasteiger charge is -2.05. The predicted molar refractivity (Wildman–Crippen MR) is 68.0 cm³/mol. The summed E-state index contributed by atoms with van der Waals surface area (Å²) in [5, 5.41) is 10.2. The molecule has 0 atom stereocenters. The Morgan fingerprint density at radius 1 is 1.11 bits per heavy atom. The molecule has 0 aliphatic carbocycles. The molecule has 2 heterocycles. The van der Waals surface area contributed by atoms with Gasteiger partial charge in [-0.15, -0.1) is 10.2 Å². The van der Waals surface area contributed by atoms with Gasteiger partial charge in [-0.3, -0.25) is 9.36 Å². The van der Waals surface area contributed by atoms with Gasteiger partial charge >= 0.3 is 0 Å². The molecular formula is C13H10N4O2. The molecular weight excluding hydrogens is 244 g/mol. The van der Waals surface area contributed by atoms with E-state index in [1.54, 1.807) is 41.5 Å². The Morgan fingerprint density at radius 3 is 2.47 bits per heavy atom. The van der Waals surface area contributed by atoms with Gasteiger partial charge in [0.25, 0.3) is 5.91 Å². The Labute approximate surface area is 108 Å². The van der Waals surface area contributed by atoms with Crippen LogP contribution in [0.5, 0.6) is 0 Å². The highest BCUT2D eigenvalue weighted by atomic mass is 16.3. The first kappa shape index (κ1) is 11.2. The van der Waals surface area contributed by atoms with Crippen molar-refractivity contribution in [3.63, 3.8) is 0 Å². The largest absolute Gasteiger partial charge is 0.459 e. The zero-order valence-electron chi connectivity index (χ0n) is 9.85. The molecule has 0 fully saturated rings. The minimum Gasteiger partial charge on any atom is -0.459 e. The second kappa shape index (κ2) is 4.77. The Bertz CT molecular complexity index is 657. The van der Waals surface area contributed by atoms with E-state index in [-0.39, 0.29) is 11.7 Å². The van der Waals surface area contributed by atoms with Crippen molar-refractivity contribution in [1.82, 2.24) is 14.8 Å². The van der Waals surface area contributed by atoms with Gasteiger partial charge in [0.05, 0.1) is 6.26 Å². The van der Waals surface area contributed by atoms with E-state index in [2.05, 4.69) is 15.5 Å². The lowest BCUT2D eigenvalue weighted by Crippen LogP contribution is -2.10. The van der Waals surface area contributed by atoms with Gasteiger partial charge in [-0.05, 0) is 36.4 Å². The number of rotatable bonds is 3. The first-order valence-corrected chi connectivity index (χ1v) is 5.63. The van der Waals surface area contributed by atoms with E-state index >= 15 is 0 Å². The van der Waals surface area contributed by atoms with Crippen LogP contribution in [0.4, 0.5) is 5.69 Å². The van der Waals surface area contributed by atoms with Gasteiger partial charge in [0.1, 0.15) is 12.7 Å². The zero-order chi connectivity index (χ0) is 13.1. The summed E-state index contributed by atoms with van der Waals surface area (Å²) in [5.41, 5.74) is 1.61. The molecule has 0 radical (unpaired) electrons. The van der Waals surface area contributed by atoms with Gasteiger partial charge in [0.2, 0.25) is 0 Å². The van der Waals surface area contributed by atoms with Crippen molar-refractivity contribution in [2.45, 2.75) is 0 Å². The number of amides is 1. The van der Waals surface area contributed by atoms with Crippen molar-refractivity contribution in [3.05, 3.63) is 61.1 Å². The van der Waals surface area contributed by atoms with Gasteiger partial charge in [-0.1, -0.05) is 0 Å². The number of hydrogen-bond donors (Lipinski definition) is 1. The van der Waals surface area contributed by atoms with Gasteiger partial charge in [-0.2, -0.15) is 0 Å². The van der Waals surface area contributed by atoms with Crippen molar-refractivity contribution >= 4 is 11.6 Å². The van der Waals surface area contributed by atoms with E-state index in [1.165, 1.54) is 6.26 Å². The topological polar surface area (TPSA) is 73.0 Å². The third kappa shape index (κ3) is 2.37. The average Bonchev–Trinajstić information content (AvgIpc) is 3.13. The number of aromatic nitrogens is 3. The molecule has 3 rings (SSSR count). The summed E-state index contributed by atoms with van der Waals surface area (Å²) in [4.78, 5) is 11.8. The van der Waals surface area contributed by atoms with E-state index in [4.69, 9.17) is 4.42 Å². The van der Waals surface area contributed by atoms with E-state index in [9.17, 15) is 4.79 Å². The monoisotopic (exact) mass is 254 g/mol. The molecule has 94 valence electrons. The van der Waals surface area contributed by atoms with Crippen LogP contribution in [0, 0.1) is 0 Å². The van der Waals surface area contributed by atoms with Gasteiger partial charge in [0.15, 0.2) is 5.76 Å². The summed E-state index contributed by atoms with van der Waals surface area (Å²) >= 11 is 0. The first-order valence-electron chi connectivity index (χ1n) is 5.63.